The number of hydrogen-bond acceptors (Lipinski definition) is 4. The Morgan fingerprint density at radius 2 is 2.20 bits per heavy atom. The van der Waals surface area contributed by atoms with E-state index in [0.29, 0.717) is 26.1 Å². The van der Waals surface area contributed by atoms with E-state index in [0.717, 1.165) is 25.9 Å². The molecule has 0 aromatic rings. The molecule has 6 nitrogen and oxygen atoms in total. The Bertz CT molecular complexity index is 353. The highest BCUT2D eigenvalue weighted by Gasteiger charge is 2.31. The number of ether oxygens (including phenoxy) is 2. The van der Waals surface area contributed by atoms with Gasteiger partial charge in [-0.3, -0.25) is 9.59 Å². The standard InChI is InChI=1S/C14H23NO5/c1-10(20-9-12-5-3-7-19-12)13(16)15-6-2-4-11(8-15)14(17)18/h10-12H,2-9H2,1H3,(H,17,18)/t10?,11-,12?/m0/s1. The van der Waals surface area contributed by atoms with Crippen LogP contribution in [0.3, 0.4) is 0 Å². The van der Waals surface area contributed by atoms with Gasteiger partial charge in [0, 0.05) is 19.7 Å². The molecule has 0 aliphatic carbocycles. The second-order valence-corrected chi connectivity index (χ2v) is 5.57. The van der Waals surface area contributed by atoms with E-state index in [-0.39, 0.29) is 12.0 Å². The highest BCUT2D eigenvalue weighted by Crippen LogP contribution is 2.18. The second kappa shape index (κ2) is 7.04. The maximum absolute atomic E-state index is 12.2. The highest BCUT2D eigenvalue weighted by molar-refractivity contribution is 5.81. The minimum atomic E-state index is -0.824. The normalized spacial score (nSPS) is 28.4. The first-order chi connectivity index (χ1) is 9.58. The third kappa shape index (κ3) is 3.93. The fraction of sp³-hybridized carbons (Fsp3) is 0.857. The first kappa shape index (κ1) is 15.3. The van der Waals surface area contributed by atoms with Gasteiger partial charge in [-0.15, -0.1) is 0 Å². The zero-order valence-electron chi connectivity index (χ0n) is 11.9. The number of hydrogen-bond donors (Lipinski definition) is 1. The first-order valence-electron chi connectivity index (χ1n) is 7.32. The van der Waals surface area contributed by atoms with E-state index in [9.17, 15) is 9.59 Å². The molecule has 3 atom stereocenters. The maximum Gasteiger partial charge on any atom is 0.308 e. The van der Waals surface area contributed by atoms with E-state index in [1.54, 1.807) is 11.8 Å². The lowest BCUT2D eigenvalue weighted by Crippen LogP contribution is -2.46. The number of carbonyl (C=O) groups is 2. The molecule has 6 heteroatoms. The Morgan fingerprint density at radius 3 is 2.85 bits per heavy atom. The molecular weight excluding hydrogens is 262 g/mol. The SMILES string of the molecule is CC(OCC1CCCO1)C(=O)N1CCC[C@H](C(=O)O)C1. The van der Waals surface area contributed by atoms with Gasteiger partial charge >= 0.3 is 5.97 Å². The molecule has 20 heavy (non-hydrogen) atoms. The zero-order chi connectivity index (χ0) is 14.5. The molecule has 0 aromatic carbocycles. The predicted octanol–water partition coefficient (Wildman–Crippen LogP) is 0.894. The average Bonchev–Trinajstić information content (AvgIpc) is 2.97. The Hall–Kier alpha value is -1.14. The molecule has 2 rings (SSSR count). The zero-order valence-corrected chi connectivity index (χ0v) is 11.9. The number of aliphatic carboxylic acids is 1. The summed E-state index contributed by atoms with van der Waals surface area (Å²) < 4.78 is 11.0. The van der Waals surface area contributed by atoms with Gasteiger partial charge in [-0.2, -0.15) is 0 Å². The van der Waals surface area contributed by atoms with E-state index < -0.39 is 18.0 Å². The van der Waals surface area contributed by atoms with Crippen molar-refractivity contribution < 1.29 is 24.2 Å². The number of rotatable bonds is 5. The lowest BCUT2D eigenvalue weighted by Gasteiger charge is -2.32. The molecule has 2 aliphatic heterocycles. The topological polar surface area (TPSA) is 76.1 Å². The van der Waals surface area contributed by atoms with Crippen LogP contribution in [0.2, 0.25) is 0 Å². The van der Waals surface area contributed by atoms with Crippen LogP contribution in [-0.2, 0) is 19.1 Å². The molecule has 2 aliphatic rings. The fourth-order valence-corrected chi connectivity index (χ4v) is 2.73. The highest BCUT2D eigenvalue weighted by atomic mass is 16.5. The van der Waals surface area contributed by atoms with Crippen LogP contribution in [0.25, 0.3) is 0 Å². The lowest BCUT2D eigenvalue weighted by molar-refractivity contribution is -0.151. The number of likely N-dealkylation sites (tertiary alicyclic amines) is 1. The third-order valence-corrected chi connectivity index (χ3v) is 3.99. The summed E-state index contributed by atoms with van der Waals surface area (Å²) in [5.74, 6) is -1.39. The van der Waals surface area contributed by atoms with E-state index in [2.05, 4.69) is 0 Å². The van der Waals surface area contributed by atoms with Crippen LogP contribution < -0.4 is 0 Å². The molecule has 0 spiro atoms. The van der Waals surface area contributed by atoms with Gasteiger partial charge < -0.3 is 19.5 Å². The minimum Gasteiger partial charge on any atom is -0.481 e. The predicted molar refractivity (Wildman–Crippen MR) is 71.3 cm³/mol. The van der Waals surface area contributed by atoms with Crippen molar-refractivity contribution in [2.45, 2.75) is 44.8 Å². The van der Waals surface area contributed by atoms with E-state index in [1.807, 2.05) is 0 Å². The molecule has 1 N–H and O–H groups in total. The molecule has 2 heterocycles. The third-order valence-electron chi connectivity index (χ3n) is 3.99. The average molecular weight is 285 g/mol. The second-order valence-electron chi connectivity index (χ2n) is 5.57. The van der Waals surface area contributed by atoms with Crippen molar-refractivity contribution in [3.8, 4) is 0 Å². The van der Waals surface area contributed by atoms with Crippen LogP contribution in [0.1, 0.15) is 32.6 Å². The van der Waals surface area contributed by atoms with Gasteiger partial charge in [-0.25, -0.2) is 0 Å². The number of carboxylic acids is 1. The molecule has 0 aromatic heterocycles. The van der Waals surface area contributed by atoms with Gasteiger partial charge in [0.25, 0.3) is 5.91 Å². The van der Waals surface area contributed by atoms with E-state index >= 15 is 0 Å². The van der Waals surface area contributed by atoms with Gasteiger partial charge in [0.05, 0.1) is 18.6 Å². The summed E-state index contributed by atoms with van der Waals surface area (Å²) in [5, 5.41) is 9.04. The smallest absolute Gasteiger partial charge is 0.308 e. The van der Waals surface area contributed by atoms with Crippen molar-refractivity contribution in [2.24, 2.45) is 5.92 Å². The first-order valence-corrected chi connectivity index (χ1v) is 7.32. The number of nitrogens with zero attached hydrogens (tertiary/aromatic N) is 1. The van der Waals surface area contributed by atoms with E-state index in [1.165, 1.54) is 0 Å². The Kier molecular flexibility index (Phi) is 5.37. The summed E-state index contributed by atoms with van der Waals surface area (Å²) in [4.78, 5) is 24.9. The summed E-state index contributed by atoms with van der Waals surface area (Å²) >= 11 is 0. The summed E-state index contributed by atoms with van der Waals surface area (Å²) in [6.45, 7) is 3.84. The Labute approximate surface area is 119 Å². The van der Waals surface area contributed by atoms with Crippen LogP contribution in [0, 0.1) is 5.92 Å². The monoisotopic (exact) mass is 285 g/mol. The molecule has 0 bridgehead atoms. The largest absolute Gasteiger partial charge is 0.481 e. The van der Waals surface area contributed by atoms with Gasteiger partial charge in [0.15, 0.2) is 0 Å². The number of carbonyl (C=O) groups excluding carboxylic acids is 1. The van der Waals surface area contributed by atoms with Crippen molar-refractivity contribution in [3.05, 3.63) is 0 Å². The summed E-state index contributed by atoms with van der Waals surface area (Å²) in [5.41, 5.74) is 0. The molecule has 0 radical (unpaired) electrons. The van der Waals surface area contributed by atoms with Crippen molar-refractivity contribution >= 4 is 11.9 Å². The summed E-state index contributed by atoms with van der Waals surface area (Å²) in [6, 6.07) is 0. The quantitative estimate of drug-likeness (QED) is 0.812. The van der Waals surface area contributed by atoms with Gasteiger partial charge in [-0.1, -0.05) is 0 Å². The van der Waals surface area contributed by atoms with Crippen LogP contribution in [-0.4, -0.2) is 60.4 Å². The summed E-state index contributed by atoms with van der Waals surface area (Å²) in [7, 11) is 0. The van der Waals surface area contributed by atoms with Crippen LogP contribution in [0.4, 0.5) is 0 Å². The maximum atomic E-state index is 12.2. The van der Waals surface area contributed by atoms with Crippen molar-refractivity contribution in [1.29, 1.82) is 0 Å². The molecule has 114 valence electrons. The van der Waals surface area contributed by atoms with Gasteiger partial charge in [0.1, 0.15) is 6.10 Å². The number of carboxylic acid groups (broad SMARTS) is 1. The molecule has 1 amide bonds. The molecule has 2 fully saturated rings. The van der Waals surface area contributed by atoms with Crippen LogP contribution in [0.5, 0.6) is 0 Å². The Balaban J connectivity index is 1.78. The van der Waals surface area contributed by atoms with Crippen molar-refractivity contribution in [3.63, 3.8) is 0 Å². The number of amides is 1. The van der Waals surface area contributed by atoms with Gasteiger partial charge in [0.2, 0.25) is 0 Å². The van der Waals surface area contributed by atoms with Crippen LogP contribution >= 0.6 is 0 Å². The molecular formula is C14H23NO5. The lowest BCUT2D eigenvalue weighted by atomic mass is 9.98. The minimum absolute atomic E-state index is 0.0957. The molecule has 2 unspecified atom stereocenters. The van der Waals surface area contributed by atoms with Gasteiger partial charge in [-0.05, 0) is 32.6 Å². The fourth-order valence-electron chi connectivity index (χ4n) is 2.73. The number of piperidine rings is 1. The van der Waals surface area contributed by atoms with E-state index in [4.69, 9.17) is 14.6 Å². The van der Waals surface area contributed by atoms with Crippen molar-refractivity contribution in [1.82, 2.24) is 4.90 Å². The molecule has 2 saturated heterocycles. The molecule has 0 saturated carbocycles. The summed E-state index contributed by atoms with van der Waals surface area (Å²) in [6.07, 6.45) is 2.96. The Morgan fingerprint density at radius 1 is 1.40 bits per heavy atom. The van der Waals surface area contributed by atoms with Crippen LogP contribution in [0.15, 0.2) is 0 Å². The van der Waals surface area contributed by atoms with Crippen molar-refractivity contribution in [2.75, 3.05) is 26.3 Å².